The van der Waals surface area contributed by atoms with Gasteiger partial charge in [0.15, 0.2) is 0 Å². The van der Waals surface area contributed by atoms with E-state index in [2.05, 4.69) is 16.4 Å². The number of hydrogen-bond donors (Lipinski definition) is 1. The summed E-state index contributed by atoms with van der Waals surface area (Å²) in [6, 6.07) is 10.4. The molecule has 2 heterocycles. The van der Waals surface area contributed by atoms with Crippen LogP contribution in [0.1, 0.15) is 45.2 Å². The molecule has 0 unspecified atom stereocenters. The first-order valence-corrected chi connectivity index (χ1v) is 13.0. The molecular formula is C29H33FN2O4. The number of nitrogens with zero attached hydrogens (tertiary/aromatic N) is 1. The number of allylic oxidation sites excluding steroid dienone is 1. The maximum absolute atomic E-state index is 13.6. The minimum Gasteiger partial charge on any atom is -0.462 e. The Labute approximate surface area is 211 Å². The molecule has 2 aliphatic carbocycles. The van der Waals surface area contributed by atoms with Crippen LogP contribution in [0.25, 0.3) is 17.2 Å². The van der Waals surface area contributed by atoms with Gasteiger partial charge in [0, 0.05) is 23.7 Å². The number of aromatic nitrogens is 1. The van der Waals surface area contributed by atoms with Crippen LogP contribution in [0.2, 0.25) is 0 Å². The summed E-state index contributed by atoms with van der Waals surface area (Å²) in [6.45, 7) is 4.15. The molecule has 0 radical (unpaired) electrons. The normalized spacial score (nSPS) is 31.4. The Kier molecular flexibility index (Phi) is 7.08. The molecule has 1 amide bonds. The van der Waals surface area contributed by atoms with E-state index in [0.29, 0.717) is 18.4 Å². The fourth-order valence-corrected chi connectivity index (χ4v) is 6.64. The summed E-state index contributed by atoms with van der Waals surface area (Å²) in [6.07, 6.45) is 9.07. The molecule has 1 aromatic heterocycles. The molecule has 0 spiro atoms. The standard InChI is InChI=1S/C29H33FN2O4/c1-3-35-29(34)32-23-10-11-24-20(14-23)15-26-27(17(2)36-28(26)33)25(24)12-9-22-8-7-19(16-31-22)18-5-4-6-21(30)13-18/h4-9,12-13,16-17,20,23-27H,3,10-11,14-15H2,1-2H3,(H,32,34)/t17-,20+,23-,24+,25-,26+,27+/m1/s1. The molecule has 3 aliphatic rings. The van der Waals surface area contributed by atoms with Crippen LogP contribution in [-0.4, -0.2) is 35.8 Å². The Morgan fingerprint density at radius 3 is 2.83 bits per heavy atom. The van der Waals surface area contributed by atoms with Crippen molar-refractivity contribution in [2.75, 3.05) is 6.61 Å². The lowest BCUT2D eigenvalue weighted by Crippen LogP contribution is -2.48. The van der Waals surface area contributed by atoms with Gasteiger partial charge in [-0.25, -0.2) is 9.18 Å². The van der Waals surface area contributed by atoms with Gasteiger partial charge in [-0.05, 0) is 87.1 Å². The summed E-state index contributed by atoms with van der Waals surface area (Å²) < 4.78 is 24.3. The Morgan fingerprint density at radius 2 is 2.08 bits per heavy atom. The molecule has 3 fully saturated rings. The van der Waals surface area contributed by atoms with Crippen molar-refractivity contribution >= 4 is 18.1 Å². The number of rotatable bonds is 5. The van der Waals surface area contributed by atoms with Gasteiger partial charge in [-0.1, -0.05) is 24.3 Å². The Balaban J connectivity index is 1.34. The molecule has 0 bridgehead atoms. The summed E-state index contributed by atoms with van der Waals surface area (Å²) in [5.74, 6) is 0.629. The molecule has 1 aromatic carbocycles. The number of alkyl carbamates (subject to hydrolysis) is 1. The molecule has 5 rings (SSSR count). The van der Waals surface area contributed by atoms with Crippen LogP contribution < -0.4 is 5.32 Å². The van der Waals surface area contributed by atoms with Crippen molar-refractivity contribution in [2.45, 2.75) is 51.7 Å². The van der Waals surface area contributed by atoms with Gasteiger partial charge >= 0.3 is 12.1 Å². The Morgan fingerprint density at radius 1 is 1.22 bits per heavy atom. The predicted octanol–water partition coefficient (Wildman–Crippen LogP) is 5.63. The highest BCUT2D eigenvalue weighted by Crippen LogP contribution is 2.53. The van der Waals surface area contributed by atoms with Gasteiger partial charge in [-0.2, -0.15) is 0 Å². The first-order valence-electron chi connectivity index (χ1n) is 13.0. The van der Waals surface area contributed by atoms with E-state index in [0.717, 1.165) is 42.5 Å². The van der Waals surface area contributed by atoms with E-state index < -0.39 is 0 Å². The Hall–Kier alpha value is -3.22. The molecule has 190 valence electrons. The number of ether oxygens (including phenoxy) is 2. The number of hydrogen-bond acceptors (Lipinski definition) is 5. The summed E-state index contributed by atoms with van der Waals surface area (Å²) in [4.78, 5) is 29.2. The van der Waals surface area contributed by atoms with Crippen molar-refractivity contribution in [2.24, 2.45) is 29.6 Å². The monoisotopic (exact) mass is 492 g/mol. The minimum absolute atomic E-state index is 0.0679. The highest BCUT2D eigenvalue weighted by Gasteiger charge is 2.54. The number of halogens is 1. The van der Waals surface area contributed by atoms with Crippen molar-refractivity contribution in [1.29, 1.82) is 0 Å². The van der Waals surface area contributed by atoms with Crippen molar-refractivity contribution in [3.8, 4) is 11.1 Å². The predicted molar refractivity (Wildman–Crippen MR) is 134 cm³/mol. The van der Waals surface area contributed by atoms with Gasteiger partial charge in [-0.15, -0.1) is 0 Å². The lowest BCUT2D eigenvalue weighted by atomic mass is 9.57. The van der Waals surface area contributed by atoms with E-state index in [1.807, 2.05) is 31.2 Å². The topological polar surface area (TPSA) is 77.5 Å². The number of benzene rings is 1. The van der Waals surface area contributed by atoms with Crippen LogP contribution in [0, 0.1) is 35.4 Å². The van der Waals surface area contributed by atoms with E-state index >= 15 is 0 Å². The third-order valence-electron chi connectivity index (χ3n) is 8.18. The largest absolute Gasteiger partial charge is 0.462 e. The zero-order chi connectivity index (χ0) is 25.2. The number of fused-ring (bicyclic) bond motifs is 2. The third-order valence-corrected chi connectivity index (χ3v) is 8.18. The van der Waals surface area contributed by atoms with Gasteiger partial charge in [-0.3, -0.25) is 9.78 Å². The molecule has 1 aliphatic heterocycles. The summed E-state index contributed by atoms with van der Waals surface area (Å²) in [7, 11) is 0. The van der Waals surface area contributed by atoms with Crippen LogP contribution in [0.15, 0.2) is 48.7 Å². The van der Waals surface area contributed by atoms with E-state index in [4.69, 9.17) is 9.47 Å². The first-order chi connectivity index (χ1) is 17.4. The highest BCUT2D eigenvalue weighted by molar-refractivity contribution is 5.75. The smallest absolute Gasteiger partial charge is 0.407 e. The minimum atomic E-state index is -0.368. The summed E-state index contributed by atoms with van der Waals surface area (Å²) >= 11 is 0. The summed E-state index contributed by atoms with van der Waals surface area (Å²) in [5.41, 5.74) is 2.48. The molecule has 36 heavy (non-hydrogen) atoms. The molecule has 1 saturated heterocycles. The molecule has 2 aromatic rings. The van der Waals surface area contributed by atoms with Crippen molar-refractivity contribution in [1.82, 2.24) is 10.3 Å². The number of carbonyl (C=O) groups is 2. The van der Waals surface area contributed by atoms with Crippen LogP contribution in [-0.2, 0) is 14.3 Å². The van der Waals surface area contributed by atoms with Crippen LogP contribution in [0.5, 0.6) is 0 Å². The van der Waals surface area contributed by atoms with E-state index in [9.17, 15) is 14.0 Å². The number of esters is 1. The second-order valence-corrected chi connectivity index (χ2v) is 10.3. The number of amides is 1. The van der Waals surface area contributed by atoms with Crippen molar-refractivity contribution in [3.63, 3.8) is 0 Å². The number of carbonyl (C=O) groups excluding carboxylic acids is 2. The van der Waals surface area contributed by atoms with Gasteiger partial charge in [0.1, 0.15) is 11.9 Å². The Bertz CT molecular complexity index is 1130. The molecule has 6 nitrogen and oxygen atoms in total. The zero-order valence-corrected chi connectivity index (χ0v) is 20.7. The first kappa shape index (κ1) is 24.5. The fourth-order valence-electron chi connectivity index (χ4n) is 6.64. The van der Waals surface area contributed by atoms with Crippen LogP contribution in [0.3, 0.4) is 0 Å². The average molecular weight is 493 g/mol. The van der Waals surface area contributed by atoms with Gasteiger partial charge in [0.2, 0.25) is 0 Å². The van der Waals surface area contributed by atoms with E-state index in [1.54, 1.807) is 19.2 Å². The number of cyclic esters (lactones) is 1. The van der Waals surface area contributed by atoms with Crippen LogP contribution >= 0.6 is 0 Å². The highest BCUT2D eigenvalue weighted by atomic mass is 19.1. The second-order valence-electron chi connectivity index (χ2n) is 10.3. The second kappa shape index (κ2) is 10.4. The van der Waals surface area contributed by atoms with E-state index in [1.165, 1.54) is 12.1 Å². The molecule has 7 heteroatoms. The average Bonchev–Trinajstić information content (AvgIpc) is 3.15. The molecular weight excluding hydrogens is 459 g/mol. The van der Waals surface area contributed by atoms with Crippen molar-refractivity contribution in [3.05, 3.63) is 60.2 Å². The van der Waals surface area contributed by atoms with Crippen molar-refractivity contribution < 1.29 is 23.5 Å². The van der Waals surface area contributed by atoms with E-state index in [-0.39, 0.29) is 47.8 Å². The third kappa shape index (κ3) is 5.01. The van der Waals surface area contributed by atoms with Gasteiger partial charge < -0.3 is 14.8 Å². The SMILES string of the molecule is CCOC(=O)N[C@@H]1CC[C@H]2[C@@H](C1)C[C@@H]1C(=O)O[C@H](C)[C@H]1[C@@H]2C=Cc1ccc(-c2cccc(F)c2)cn1. The quantitative estimate of drug-likeness (QED) is 0.548. The maximum atomic E-state index is 13.6. The van der Waals surface area contributed by atoms with Gasteiger partial charge in [0.05, 0.1) is 18.2 Å². The van der Waals surface area contributed by atoms with Crippen LogP contribution in [0.4, 0.5) is 9.18 Å². The number of pyridine rings is 1. The fraction of sp³-hybridized carbons (Fsp3) is 0.483. The summed E-state index contributed by atoms with van der Waals surface area (Å²) in [5, 5.41) is 3.00. The molecule has 7 atom stereocenters. The zero-order valence-electron chi connectivity index (χ0n) is 20.7. The number of nitrogens with one attached hydrogen (secondary N) is 1. The lowest BCUT2D eigenvalue weighted by Gasteiger charge is -2.47. The molecule has 1 N–H and O–H groups in total. The molecule has 2 saturated carbocycles. The lowest BCUT2D eigenvalue weighted by molar-refractivity contribution is -0.144. The van der Waals surface area contributed by atoms with Gasteiger partial charge in [0.25, 0.3) is 0 Å². The maximum Gasteiger partial charge on any atom is 0.407 e.